The van der Waals surface area contributed by atoms with Crippen LogP contribution in [0.1, 0.15) is 45.7 Å². The summed E-state index contributed by atoms with van der Waals surface area (Å²) in [4.78, 5) is 23.7. The van der Waals surface area contributed by atoms with Gasteiger partial charge in [0.25, 0.3) is 0 Å². The monoisotopic (exact) mass is 335 g/mol. The Bertz CT molecular complexity index is 865. The number of rotatable bonds is 4. The van der Waals surface area contributed by atoms with Gasteiger partial charge >= 0.3 is 0 Å². The molecular weight excluding hydrogens is 314 g/mol. The fraction of sp³-hybridized carbons (Fsp3) is 0.238. The minimum absolute atomic E-state index is 0.133. The Morgan fingerprint density at radius 2 is 1.96 bits per heavy atom. The lowest BCUT2D eigenvalue weighted by Gasteiger charge is -2.35. The summed E-state index contributed by atoms with van der Waals surface area (Å²) in [6.07, 6.45) is 3.24. The van der Waals surface area contributed by atoms with Gasteiger partial charge in [-0.15, -0.1) is 0 Å². The van der Waals surface area contributed by atoms with Gasteiger partial charge in [0, 0.05) is 28.4 Å². The maximum Gasteiger partial charge on any atom is 0.191 e. The van der Waals surface area contributed by atoms with Gasteiger partial charge in [0.15, 0.2) is 5.78 Å². The summed E-state index contributed by atoms with van der Waals surface area (Å²) in [6, 6.07) is 12.9. The highest BCUT2D eigenvalue weighted by atomic mass is 16.5. The van der Waals surface area contributed by atoms with Crippen LogP contribution in [0.15, 0.2) is 48.5 Å². The second kappa shape index (κ2) is 6.55. The van der Waals surface area contributed by atoms with Crippen LogP contribution in [0.5, 0.6) is 5.75 Å². The Labute approximate surface area is 147 Å². The molecule has 0 fully saturated rings. The van der Waals surface area contributed by atoms with E-state index in [1.165, 1.54) is 12.7 Å². The molecule has 2 aromatic rings. The number of benzene rings is 2. The molecule has 0 aromatic heterocycles. The van der Waals surface area contributed by atoms with Crippen molar-refractivity contribution in [2.75, 3.05) is 7.11 Å². The van der Waals surface area contributed by atoms with E-state index in [0.29, 0.717) is 16.9 Å². The number of fused-ring (bicyclic) bond motifs is 1. The fourth-order valence-corrected chi connectivity index (χ4v) is 3.20. The van der Waals surface area contributed by atoms with E-state index in [1.807, 2.05) is 18.2 Å². The molecule has 3 rings (SSSR count). The predicted octanol–water partition coefficient (Wildman–Crippen LogP) is 3.66. The van der Waals surface area contributed by atoms with Gasteiger partial charge < -0.3 is 10.1 Å². The second-order valence-electron chi connectivity index (χ2n) is 6.84. The first kappa shape index (κ1) is 17.0. The van der Waals surface area contributed by atoms with E-state index >= 15 is 0 Å². The van der Waals surface area contributed by atoms with Crippen molar-refractivity contribution in [2.24, 2.45) is 0 Å². The molecule has 1 aliphatic heterocycles. The Kier molecular flexibility index (Phi) is 4.45. The van der Waals surface area contributed by atoms with Crippen LogP contribution in [-0.4, -0.2) is 24.7 Å². The lowest BCUT2D eigenvalue weighted by Crippen LogP contribution is -2.43. The topological polar surface area (TPSA) is 55.4 Å². The molecule has 4 nitrogen and oxygen atoms in total. The number of nitrogens with one attached hydrogen (secondary N) is 1. The summed E-state index contributed by atoms with van der Waals surface area (Å²) in [7, 11) is 1.49. The largest absolute Gasteiger partial charge is 0.496 e. The summed E-state index contributed by atoms with van der Waals surface area (Å²) in [5.41, 5.74) is 3.84. The summed E-state index contributed by atoms with van der Waals surface area (Å²) < 4.78 is 5.28. The number of hydrogen-bond acceptors (Lipinski definition) is 4. The van der Waals surface area contributed by atoms with E-state index in [0.717, 1.165) is 24.0 Å². The minimum Gasteiger partial charge on any atom is -0.496 e. The van der Waals surface area contributed by atoms with Crippen LogP contribution in [0.2, 0.25) is 0 Å². The molecule has 0 radical (unpaired) electrons. The summed E-state index contributed by atoms with van der Waals surface area (Å²) in [5, 5.41) is 3.45. The zero-order valence-corrected chi connectivity index (χ0v) is 14.6. The van der Waals surface area contributed by atoms with E-state index in [9.17, 15) is 9.59 Å². The lowest BCUT2D eigenvalue weighted by molar-refractivity contribution is 0.104. The quantitative estimate of drug-likeness (QED) is 0.526. The highest BCUT2D eigenvalue weighted by Crippen LogP contribution is 2.30. The second-order valence-corrected chi connectivity index (χ2v) is 6.84. The number of ketones is 1. The van der Waals surface area contributed by atoms with Crippen LogP contribution in [0.25, 0.3) is 5.70 Å². The molecule has 0 saturated heterocycles. The lowest BCUT2D eigenvalue weighted by atomic mass is 9.85. The van der Waals surface area contributed by atoms with Crippen molar-refractivity contribution in [3.63, 3.8) is 0 Å². The van der Waals surface area contributed by atoms with Gasteiger partial charge in [-0.1, -0.05) is 30.3 Å². The Morgan fingerprint density at radius 1 is 1.20 bits per heavy atom. The van der Waals surface area contributed by atoms with E-state index in [-0.39, 0.29) is 11.3 Å². The molecule has 1 aliphatic rings. The maximum atomic E-state index is 12.8. The minimum atomic E-state index is -0.163. The van der Waals surface area contributed by atoms with Crippen molar-refractivity contribution >= 4 is 17.8 Å². The fourth-order valence-electron chi connectivity index (χ4n) is 3.20. The SMILES string of the molecule is COc1cc(C=O)ccc1C(=O)C=C1NC(C)(C)Cc2ccccc21. The van der Waals surface area contributed by atoms with Crippen molar-refractivity contribution in [1.29, 1.82) is 0 Å². The zero-order chi connectivity index (χ0) is 18.0. The average molecular weight is 335 g/mol. The Hall–Kier alpha value is -2.88. The molecule has 4 heteroatoms. The van der Waals surface area contributed by atoms with Crippen LogP contribution in [0.4, 0.5) is 0 Å². The number of carbonyl (C=O) groups excluding carboxylic acids is 2. The molecule has 1 N–H and O–H groups in total. The van der Waals surface area contributed by atoms with Crippen LogP contribution in [0, 0.1) is 0 Å². The van der Waals surface area contributed by atoms with Gasteiger partial charge in [0.1, 0.15) is 12.0 Å². The summed E-state index contributed by atoms with van der Waals surface area (Å²) >= 11 is 0. The van der Waals surface area contributed by atoms with E-state index in [4.69, 9.17) is 4.74 Å². The molecule has 0 atom stereocenters. The number of allylic oxidation sites excluding steroid dienone is 1. The van der Waals surface area contributed by atoms with Crippen molar-refractivity contribution in [2.45, 2.75) is 25.8 Å². The first-order chi connectivity index (χ1) is 11.9. The Balaban J connectivity index is 2.03. The van der Waals surface area contributed by atoms with Gasteiger partial charge in [-0.3, -0.25) is 9.59 Å². The average Bonchev–Trinajstić information content (AvgIpc) is 2.60. The van der Waals surface area contributed by atoms with Crippen LogP contribution in [0.3, 0.4) is 0 Å². The summed E-state index contributed by atoms with van der Waals surface area (Å²) in [5.74, 6) is 0.235. The van der Waals surface area contributed by atoms with Gasteiger partial charge in [0.05, 0.1) is 12.7 Å². The third kappa shape index (κ3) is 3.48. The van der Waals surface area contributed by atoms with E-state index in [2.05, 4.69) is 25.2 Å². The molecule has 25 heavy (non-hydrogen) atoms. The molecule has 128 valence electrons. The van der Waals surface area contributed by atoms with Gasteiger partial charge in [0.2, 0.25) is 0 Å². The highest BCUT2D eigenvalue weighted by molar-refractivity contribution is 6.10. The number of aldehydes is 1. The van der Waals surface area contributed by atoms with Crippen molar-refractivity contribution in [3.8, 4) is 5.75 Å². The first-order valence-electron chi connectivity index (χ1n) is 8.19. The third-order valence-electron chi connectivity index (χ3n) is 4.32. The van der Waals surface area contributed by atoms with Crippen LogP contribution < -0.4 is 10.1 Å². The molecule has 0 unspecified atom stereocenters. The molecule has 0 bridgehead atoms. The smallest absolute Gasteiger partial charge is 0.191 e. The van der Waals surface area contributed by atoms with Gasteiger partial charge in [-0.25, -0.2) is 0 Å². The third-order valence-corrected chi connectivity index (χ3v) is 4.32. The molecule has 0 saturated carbocycles. The van der Waals surface area contributed by atoms with Crippen molar-refractivity contribution in [1.82, 2.24) is 5.32 Å². The molecule has 0 spiro atoms. The zero-order valence-electron chi connectivity index (χ0n) is 14.6. The molecule has 1 heterocycles. The van der Waals surface area contributed by atoms with Crippen LogP contribution in [-0.2, 0) is 6.42 Å². The highest BCUT2D eigenvalue weighted by Gasteiger charge is 2.27. The van der Waals surface area contributed by atoms with Crippen molar-refractivity contribution < 1.29 is 14.3 Å². The number of ether oxygens (including phenoxy) is 1. The maximum absolute atomic E-state index is 12.8. The number of hydrogen-bond donors (Lipinski definition) is 1. The van der Waals surface area contributed by atoms with E-state index in [1.54, 1.807) is 24.3 Å². The predicted molar refractivity (Wildman–Crippen MR) is 98.0 cm³/mol. The number of methoxy groups -OCH3 is 1. The van der Waals surface area contributed by atoms with Crippen LogP contribution >= 0.6 is 0 Å². The standard InChI is InChI=1S/C21H21NO3/c1-21(2)12-15-6-4-5-7-16(15)18(22-21)11-19(24)17-9-8-14(13-23)10-20(17)25-3/h4-11,13,22H,12H2,1-3H3. The molecular formula is C21H21NO3. The Morgan fingerprint density at radius 3 is 2.68 bits per heavy atom. The molecule has 0 aliphatic carbocycles. The van der Waals surface area contributed by atoms with Crippen molar-refractivity contribution in [3.05, 3.63) is 70.8 Å². The summed E-state index contributed by atoms with van der Waals surface area (Å²) in [6.45, 7) is 4.22. The normalized spacial score (nSPS) is 16.7. The van der Waals surface area contributed by atoms with Gasteiger partial charge in [-0.05, 0) is 38.0 Å². The van der Waals surface area contributed by atoms with E-state index < -0.39 is 0 Å². The first-order valence-corrected chi connectivity index (χ1v) is 8.19. The molecule has 2 aromatic carbocycles. The van der Waals surface area contributed by atoms with Gasteiger partial charge in [-0.2, -0.15) is 0 Å². The molecule has 0 amide bonds. The number of carbonyl (C=O) groups is 2.